The van der Waals surface area contributed by atoms with Gasteiger partial charge in [-0.1, -0.05) is 41.3 Å². The van der Waals surface area contributed by atoms with Gasteiger partial charge in [0.1, 0.15) is 12.0 Å². The predicted molar refractivity (Wildman–Crippen MR) is 146 cm³/mol. The van der Waals surface area contributed by atoms with Crippen LogP contribution in [0.15, 0.2) is 69.1 Å². The summed E-state index contributed by atoms with van der Waals surface area (Å²) in [6.45, 7) is 0. The predicted octanol–water partition coefficient (Wildman–Crippen LogP) is 6.19. The first-order valence-corrected chi connectivity index (χ1v) is 13.0. The fraction of sp³-hybridized carbons (Fsp3) is 0.259. The third-order valence-electron chi connectivity index (χ3n) is 6.48. The molecular weight excluding hydrogens is 554 g/mol. The number of rotatable bonds is 7. The SMILES string of the molecule is COc1cccc(C=Nn2c(C3CCCCC3)nc3ccc(Br)cc3c2=O)c1Oc1ccc([N+](=O)[O-])cn1. The van der Waals surface area contributed by atoms with Crippen molar-refractivity contribution >= 4 is 38.7 Å². The van der Waals surface area contributed by atoms with Crippen LogP contribution in [0.5, 0.6) is 17.4 Å². The Labute approximate surface area is 226 Å². The fourth-order valence-corrected chi connectivity index (χ4v) is 4.93. The van der Waals surface area contributed by atoms with Gasteiger partial charge in [0.2, 0.25) is 5.88 Å². The lowest BCUT2D eigenvalue weighted by Gasteiger charge is -2.22. The summed E-state index contributed by atoms with van der Waals surface area (Å²) in [5.41, 5.74) is 0.764. The molecule has 2 aromatic carbocycles. The molecule has 0 atom stereocenters. The highest BCUT2D eigenvalue weighted by atomic mass is 79.9. The Morgan fingerprint density at radius 2 is 1.97 bits per heavy atom. The maximum atomic E-state index is 13.6. The number of para-hydroxylation sites is 1. The molecule has 0 amide bonds. The zero-order valence-electron chi connectivity index (χ0n) is 20.5. The lowest BCUT2D eigenvalue weighted by molar-refractivity contribution is -0.385. The average molecular weight is 578 g/mol. The highest BCUT2D eigenvalue weighted by molar-refractivity contribution is 9.10. The lowest BCUT2D eigenvalue weighted by atomic mass is 9.88. The lowest BCUT2D eigenvalue weighted by Crippen LogP contribution is -2.25. The molecule has 2 aromatic heterocycles. The standard InChI is InChI=1S/C27H24BrN5O5/c1-37-23-9-5-8-18(25(23)38-24-13-11-20(16-29-24)33(35)36)15-30-32-26(17-6-3-2-4-7-17)31-22-12-10-19(28)14-21(22)27(32)34/h5,8-17H,2-4,6-7H2,1H3. The Bertz CT molecular complexity index is 1580. The van der Waals surface area contributed by atoms with Crippen molar-refractivity contribution in [2.75, 3.05) is 7.11 Å². The Balaban J connectivity index is 1.58. The molecule has 0 N–H and O–H groups in total. The molecule has 0 saturated heterocycles. The zero-order valence-corrected chi connectivity index (χ0v) is 22.1. The normalized spacial score (nSPS) is 14.2. The Kier molecular flexibility index (Phi) is 7.45. The van der Waals surface area contributed by atoms with Crippen molar-refractivity contribution in [2.24, 2.45) is 5.10 Å². The molecular formula is C27H24BrN5O5. The third kappa shape index (κ3) is 5.28. The van der Waals surface area contributed by atoms with Crippen LogP contribution in [0.2, 0.25) is 0 Å². The average Bonchev–Trinajstić information content (AvgIpc) is 2.94. The number of halogens is 1. The number of pyridine rings is 1. The van der Waals surface area contributed by atoms with Crippen molar-refractivity contribution in [1.82, 2.24) is 14.6 Å². The molecule has 0 bridgehead atoms. The maximum absolute atomic E-state index is 13.6. The van der Waals surface area contributed by atoms with Crippen LogP contribution in [0.4, 0.5) is 5.69 Å². The summed E-state index contributed by atoms with van der Waals surface area (Å²) >= 11 is 3.44. The van der Waals surface area contributed by atoms with Crippen LogP contribution in [0.25, 0.3) is 10.9 Å². The van der Waals surface area contributed by atoms with Crippen LogP contribution < -0.4 is 15.0 Å². The van der Waals surface area contributed by atoms with E-state index >= 15 is 0 Å². The zero-order chi connectivity index (χ0) is 26.6. The Hall–Kier alpha value is -4.12. The van der Waals surface area contributed by atoms with Crippen LogP contribution in [0, 0.1) is 10.1 Å². The summed E-state index contributed by atoms with van der Waals surface area (Å²) in [6.07, 6.45) is 7.88. The number of benzene rings is 2. The molecule has 10 nitrogen and oxygen atoms in total. The highest BCUT2D eigenvalue weighted by Gasteiger charge is 2.23. The second-order valence-electron chi connectivity index (χ2n) is 8.92. The van der Waals surface area contributed by atoms with Crippen molar-refractivity contribution in [2.45, 2.75) is 38.0 Å². The van der Waals surface area contributed by atoms with Gasteiger partial charge in [0.15, 0.2) is 11.5 Å². The van der Waals surface area contributed by atoms with Crippen LogP contribution in [-0.2, 0) is 0 Å². The van der Waals surface area contributed by atoms with Gasteiger partial charge in [0, 0.05) is 28.1 Å². The molecule has 1 aliphatic carbocycles. The first-order chi connectivity index (χ1) is 18.4. The maximum Gasteiger partial charge on any atom is 0.287 e. The van der Waals surface area contributed by atoms with Gasteiger partial charge in [0.25, 0.3) is 11.2 Å². The van der Waals surface area contributed by atoms with E-state index in [0.29, 0.717) is 33.8 Å². The van der Waals surface area contributed by atoms with Crippen molar-refractivity contribution in [3.8, 4) is 17.4 Å². The molecule has 5 rings (SSSR count). The van der Waals surface area contributed by atoms with E-state index in [2.05, 4.69) is 26.0 Å². The van der Waals surface area contributed by atoms with E-state index in [0.717, 1.165) is 36.4 Å². The molecule has 0 spiro atoms. The number of nitro groups is 1. The van der Waals surface area contributed by atoms with Crippen LogP contribution in [-0.4, -0.2) is 32.9 Å². The van der Waals surface area contributed by atoms with Gasteiger partial charge >= 0.3 is 0 Å². The quantitative estimate of drug-likeness (QED) is 0.146. The van der Waals surface area contributed by atoms with E-state index in [1.807, 2.05) is 12.1 Å². The summed E-state index contributed by atoms with van der Waals surface area (Å²) < 4.78 is 13.6. The van der Waals surface area contributed by atoms with Gasteiger partial charge in [-0.3, -0.25) is 14.9 Å². The number of methoxy groups -OCH3 is 1. The van der Waals surface area contributed by atoms with Crippen molar-refractivity contribution in [3.63, 3.8) is 0 Å². The molecule has 1 fully saturated rings. The Morgan fingerprint density at radius 1 is 1.16 bits per heavy atom. The molecule has 2 heterocycles. The first-order valence-electron chi connectivity index (χ1n) is 12.2. The second kappa shape index (κ2) is 11.1. The highest BCUT2D eigenvalue weighted by Crippen LogP contribution is 2.35. The number of aromatic nitrogens is 3. The molecule has 0 unspecified atom stereocenters. The molecule has 4 aromatic rings. The molecule has 1 aliphatic rings. The minimum atomic E-state index is -0.532. The second-order valence-corrected chi connectivity index (χ2v) is 9.84. The molecule has 11 heteroatoms. The van der Waals surface area contributed by atoms with E-state index in [9.17, 15) is 14.9 Å². The van der Waals surface area contributed by atoms with Crippen LogP contribution in [0.3, 0.4) is 0 Å². The van der Waals surface area contributed by atoms with Gasteiger partial charge in [-0.25, -0.2) is 9.97 Å². The summed E-state index contributed by atoms with van der Waals surface area (Å²) in [5.74, 6) is 1.64. The molecule has 0 aliphatic heterocycles. The molecule has 1 saturated carbocycles. The van der Waals surface area contributed by atoms with Crippen molar-refractivity contribution in [1.29, 1.82) is 0 Å². The van der Waals surface area contributed by atoms with Crippen LogP contribution >= 0.6 is 15.9 Å². The van der Waals surface area contributed by atoms with E-state index in [-0.39, 0.29) is 23.0 Å². The molecule has 0 radical (unpaired) electrons. The fourth-order valence-electron chi connectivity index (χ4n) is 4.57. The number of ether oxygens (including phenoxy) is 2. The summed E-state index contributed by atoms with van der Waals surface area (Å²) in [7, 11) is 1.50. The van der Waals surface area contributed by atoms with Crippen molar-refractivity contribution in [3.05, 3.63) is 91.1 Å². The number of fused-ring (bicyclic) bond motifs is 1. The summed E-state index contributed by atoms with van der Waals surface area (Å²) in [4.78, 5) is 32.9. The van der Waals surface area contributed by atoms with Gasteiger partial charge < -0.3 is 9.47 Å². The summed E-state index contributed by atoms with van der Waals surface area (Å²) in [5, 5.41) is 16.0. The van der Waals surface area contributed by atoms with Gasteiger partial charge in [0.05, 0.1) is 29.2 Å². The topological polar surface area (TPSA) is 122 Å². The minimum absolute atomic E-state index is 0.131. The largest absolute Gasteiger partial charge is 0.493 e. The van der Waals surface area contributed by atoms with Crippen molar-refractivity contribution < 1.29 is 14.4 Å². The van der Waals surface area contributed by atoms with E-state index < -0.39 is 4.92 Å². The Morgan fingerprint density at radius 3 is 2.68 bits per heavy atom. The monoisotopic (exact) mass is 577 g/mol. The number of hydrogen-bond donors (Lipinski definition) is 0. The van der Waals surface area contributed by atoms with Gasteiger partial charge in [-0.05, 0) is 43.2 Å². The summed E-state index contributed by atoms with van der Waals surface area (Å²) in [6, 6.07) is 13.4. The molecule has 38 heavy (non-hydrogen) atoms. The van der Waals surface area contributed by atoms with Gasteiger partial charge in [-0.2, -0.15) is 9.78 Å². The van der Waals surface area contributed by atoms with E-state index in [1.165, 1.54) is 36.6 Å². The van der Waals surface area contributed by atoms with E-state index in [1.54, 1.807) is 24.3 Å². The first kappa shape index (κ1) is 25.5. The smallest absolute Gasteiger partial charge is 0.287 e. The molecule has 194 valence electrons. The number of nitrogens with zero attached hydrogens (tertiary/aromatic N) is 5. The number of hydrogen-bond acceptors (Lipinski definition) is 8. The third-order valence-corrected chi connectivity index (χ3v) is 6.98. The minimum Gasteiger partial charge on any atom is -0.493 e. The van der Waals surface area contributed by atoms with Gasteiger partial charge in [-0.15, -0.1) is 0 Å². The van der Waals surface area contributed by atoms with E-state index in [4.69, 9.17) is 14.5 Å². The van der Waals surface area contributed by atoms with Crippen LogP contribution in [0.1, 0.15) is 49.4 Å².